The third-order valence-electron chi connectivity index (χ3n) is 4.98. The number of fused-ring (bicyclic) bond motifs is 2. The lowest BCUT2D eigenvalue weighted by atomic mass is 9.98. The van der Waals surface area contributed by atoms with Gasteiger partial charge in [0.1, 0.15) is 5.58 Å². The summed E-state index contributed by atoms with van der Waals surface area (Å²) in [6.07, 6.45) is 0. The molecule has 1 unspecified atom stereocenters. The molecule has 4 rings (SSSR count). The van der Waals surface area contributed by atoms with Gasteiger partial charge in [-0.05, 0) is 50.0 Å². The number of carbonyl (C=O) groups is 1. The zero-order chi connectivity index (χ0) is 20.9. The molecule has 0 spiro atoms. The molecule has 8 heteroatoms. The van der Waals surface area contributed by atoms with Crippen LogP contribution in [0.25, 0.3) is 11.0 Å². The first kappa shape index (κ1) is 20.4. The van der Waals surface area contributed by atoms with Gasteiger partial charge in [0.05, 0.1) is 27.0 Å². The minimum absolute atomic E-state index is 0.0830. The number of carbonyl (C=O) groups excluding carboxylic acids is 1. The summed E-state index contributed by atoms with van der Waals surface area (Å²) in [6, 6.07) is 9.73. The molecule has 150 valence electrons. The zero-order valence-corrected chi connectivity index (χ0v) is 18.8. The Morgan fingerprint density at radius 3 is 2.55 bits per heavy atom. The number of likely N-dealkylation sites (N-methyl/N-ethyl adjacent to an activating group) is 1. The van der Waals surface area contributed by atoms with E-state index in [2.05, 4.69) is 15.9 Å². The molecule has 1 amide bonds. The van der Waals surface area contributed by atoms with Gasteiger partial charge in [-0.15, -0.1) is 0 Å². The second kappa shape index (κ2) is 7.76. The molecule has 0 saturated carbocycles. The van der Waals surface area contributed by atoms with Gasteiger partial charge in [0.25, 0.3) is 5.91 Å². The van der Waals surface area contributed by atoms with Crippen LogP contribution in [0.5, 0.6) is 0 Å². The molecule has 2 aromatic carbocycles. The molecule has 29 heavy (non-hydrogen) atoms. The highest BCUT2D eigenvalue weighted by Crippen LogP contribution is 2.39. The van der Waals surface area contributed by atoms with Crippen molar-refractivity contribution in [3.8, 4) is 0 Å². The summed E-state index contributed by atoms with van der Waals surface area (Å²) < 4.78 is 6.67. The zero-order valence-electron chi connectivity index (χ0n) is 15.7. The van der Waals surface area contributed by atoms with E-state index in [0.717, 1.165) is 4.47 Å². The van der Waals surface area contributed by atoms with Crippen molar-refractivity contribution in [2.24, 2.45) is 0 Å². The number of hydrogen-bond acceptors (Lipinski definition) is 4. The van der Waals surface area contributed by atoms with E-state index in [4.69, 9.17) is 27.6 Å². The molecule has 3 aromatic rings. The van der Waals surface area contributed by atoms with E-state index in [-0.39, 0.29) is 17.1 Å². The number of amides is 1. The Balaban J connectivity index is 1.96. The predicted molar refractivity (Wildman–Crippen MR) is 118 cm³/mol. The number of nitrogens with zero attached hydrogens (tertiary/aromatic N) is 2. The highest BCUT2D eigenvalue weighted by Gasteiger charge is 2.42. The Morgan fingerprint density at radius 2 is 1.86 bits per heavy atom. The van der Waals surface area contributed by atoms with Gasteiger partial charge in [0.15, 0.2) is 5.43 Å². The summed E-state index contributed by atoms with van der Waals surface area (Å²) in [7, 11) is 3.86. The third kappa shape index (κ3) is 3.59. The van der Waals surface area contributed by atoms with Crippen LogP contribution in [0.3, 0.4) is 0 Å². The summed E-state index contributed by atoms with van der Waals surface area (Å²) >= 11 is 15.7. The maximum Gasteiger partial charge on any atom is 0.290 e. The highest BCUT2D eigenvalue weighted by atomic mass is 79.9. The first-order chi connectivity index (χ1) is 13.8. The summed E-state index contributed by atoms with van der Waals surface area (Å²) in [5.41, 5.74) is 1.21. The number of rotatable bonds is 4. The summed E-state index contributed by atoms with van der Waals surface area (Å²) in [5, 5.41) is 1.20. The first-order valence-corrected chi connectivity index (χ1v) is 10.5. The van der Waals surface area contributed by atoms with E-state index in [1.807, 2.05) is 19.0 Å². The van der Waals surface area contributed by atoms with Crippen molar-refractivity contribution >= 4 is 56.0 Å². The quantitative estimate of drug-likeness (QED) is 0.512. The van der Waals surface area contributed by atoms with Crippen molar-refractivity contribution in [2.45, 2.75) is 6.04 Å². The largest absolute Gasteiger partial charge is 0.450 e. The molecule has 0 N–H and O–H groups in total. The Morgan fingerprint density at radius 1 is 1.10 bits per heavy atom. The minimum atomic E-state index is -0.591. The van der Waals surface area contributed by atoms with Gasteiger partial charge in [0, 0.05) is 17.6 Å². The van der Waals surface area contributed by atoms with Gasteiger partial charge in [-0.2, -0.15) is 0 Å². The van der Waals surface area contributed by atoms with Crippen molar-refractivity contribution in [3.05, 3.63) is 78.0 Å². The van der Waals surface area contributed by atoms with Crippen LogP contribution < -0.4 is 5.43 Å². The third-order valence-corrected chi connectivity index (χ3v) is 6.21. The molecule has 5 nitrogen and oxygen atoms in total. The Hall–Kier alpha value is -1.86. The van der Waals surface area contributed by atoms with Gasteiger partial charge in [-0.25, -0.2) is 0 Å². The van der Waals surface area contributed by atoms with E-state index in [0.29, 0.717) is 45.2 Å². The number of benzene rings is 2. The second-order valence-corrected chi connectivity index (χ2v) is 8.92. The van der Waals surface area contributed by atoms with Crippen LogP contribution in [0.2, 0.25) is 10.0 Å². The van der Waals surface area contributed by atoms with Gasteiger partial charge < -0.3 is 14.2 Å². The molecule has 1 aliphatic rings. The van der Waals surface area contributed by atoms with E-state index >= 15 is 0 Å². The lowest BCUT2D eigenvalue weighted by Gasteiger charge is -2.26. The van der Waals surface area contributed by atoms with Gasteiger partial charge >= 0.3 is 0 Å². The number of halogens is 3. The van der Waals surface area contributed by atoms with Crippen molar-refractivity contribution in [1.29, 1.82) is 0 Å². The smallest absolute Gasteiger partial charge is 0.290 e. The van der Waals surface area contributed by atoms with Gasteiger partial charge in [-0.1, -0.05) is 45.2 Å². The average Bonchev–Trinajstić information content (AvgIpc) is 2.95. The summed E-state index contributed by atoms with van der Waals surface area (Å²) in [5.74, 6) is -0.223. The van der Waals surface area contributed by atoms with E-state index < -0.39 is 6.04 Å². The van der Waals surface area contributed by atoms with Crippen LogP contribution in [-0.2, 0) is 0 Å². The molecule has 0 bridgehead atoms. The Labute approximate surface area is 185 Å². The Kier molecular flexibility index (Phi) is 5.46. The summed E-state index contributed by atoms with van der Waals surface area (Å²) in [6.45, 7) is 1.07. The molecule has 0 fully saturated rings. The van der Waals surface area contributed by atoms with Crippen molar-refractivity contribution < 1.29 is 9.21 Å². The minimum Gasteiger partial charge on any atom is -0.450 e. The van der Waals surface area contributed by atoms with Gasteiger partial charge in [-0.3, -0.25) is 9.59 Å². The van der Waals surface area contributed by atoms with Crippen LogP contribution in [-0.4, -0.2) is 42.9 Å². The molecule has 2 heterocycles. The molecular formula is C21H17BrCl2N2O3. The first-order valence-electron chi connectivity index (χ1n) is 8.95. The number of hydrogen-bond donors (Lipinski definition) is 0. The maximum atomic E-state index is 13.4. The molecule has 1 aromatic heterocycles. The standard InChI is InChI=1S/C21H17BrCl2N2O3/c1-25(2)7-8-26-18(11-3-5-14(23)15(24)9-11)17-19(27)13-10-12(22)4-6-16(13)29-20(17)21(26)28/h3-6,9-10,18H,7-8H2,1-2H3. The van der Waals surface area contributed by atoms with Crippen LogP contribution >= 0.6 is 39.1 Å². The van der Waals surface area contributed by atoms with Crippen molar-refractivity contribution in [1.82, 2.24) is 9.80 Å². The van der Waals surface area contributed by atoms with Crippen molar-refractivity contribution in [2.75, 3.05) is 27.2 Å². The predicted octanol–water partition coefficient (Wildman–Crippen LogP) is 4.97. The van der Waals surface area contributed by atoms with Crippen LogP contribution in [0.15, 0.2) is 50.1 Å². The second-order valence-electron chi connectivity index (χ2n) is 7.19. The molecule has 1 atom stereocenters. The van der Waals surface area contributed by atoms with E-state index in [1.54, 1.807) is 41.3 Å². The van der Waals surface area contributed by atoms with E-state index in [1.165, 1.54) is 0 Å². The maximum absolute atomic E-state index is 13.4. The van der Waals surface area contributed by atoms with Crippen molar-refractivity contribution in [3.63, 3.8) is 0 Å². The lowest BCUT2D eigenvalue weighted by molar-refractivity contribution is 0.0716. The average molecular weight is 496 g/mol. The van der Waals surface area contributed by atoms with Crippen LogP contribution in [0.1, 0.15) is 27.7 Å². The molecule has 1 aliphatic heterocycles. The van der Waals surface area contributed by atoms with Gasteiger partial charge in [0.2, 0.25) is 5.76 Å². The highest BCUT2D eigenvalue weighted by molar-refractivity contribution is 9.10. The monoisotopic (exact) mass is 494 g/mol. The SMILES string of the molecule is CN(C)CCN1C(=O)c2oc3ccc(Br)cc3c(=O)c2C1c1ccc(Cl)c(Cl)c1. The Bertz CT molecular complexity index is 1190. The molecule has 0 radical (unpaired) electrons. The lowest BCUT2D eigenvalue weighted by Crippen LogP contribution is -2.35. The van der Waals surface area contributed by atoms with Crippen LogP contribution in [0, 0.1) is 0 Å². The normalized spacial score (nSPS) is 16.1. The molecule has 0 saturated heterocycles. The summed E-state index contributed by atoms with van der Waals surface area (Å²) in [4.78, 5) is 30.3. The van der Waals surface area contributed by atoms with E-state index in [9.17, 15) is 9.59 Å². The fourth-order valence-electron chi connectivity index (χ4n) is 3.56. The topological polar surface area (TPSA) is 53.8 Å². The fraction of sp³-hybridized carbons (Fsp3) is 0.238. The fourth-order valence-corrected chi connectivity index (χ4v) is 4.23. The molecular weight excluding hydrogens is 479 g/mol. The molecule has 0 aliphatic carbocycles. The van der Waals surface area contributed by atoms with Crippen LogP contribution in [0.4, 0.5) is 0 Å².